The van der Waals surface area contributed by atoms with E-state index >= 15 is 0 Å². The molecule has 0 saturated heterocycles. The summed E-state index contributed by atoms with van der Waals surface area (Å²) in [5.41, 5.74) is -0.827. The van der Waals surface area contributed by atoms with E-state index in [1.807, 2.05) is 37.3 Å². The van der Waals surface area contributed by atoms with Crippen molar-refractivity contribution in [3.05, 3.63) is 54.1 Å². The van der Waals surface area contributed by atoms with Crippen LogP contribution in [0.15, 0.2) is 48.5 Å². The fraction of sp³-hybridized carbons (Fsp3) is 0.385. The molecule has 0 spiro atoms. The van der Waals surface area contributed by atoms with Crippen LogP contribution in [0.25, 0.3) is 21.5 Å². The molecule has 5 nitrogen and oxygen atoms in total. The lowest BCUT2D eigenvalue weighted by Crippen LogP contribution is -2.32. The number of esters is 1. The van der Waals surface area contributed by atoms with Crippen LogP contribution >= 0.6 is 0 Å². The van der Waals surface area contributed by atoms with Crippen molar-refractivity contribution >= 4 is 33.5 Å². The molecule has 0 fully saturated rings. The van der Waals surface area contributed by atoms with Crippen molar-refractivity contribution in [2.24, 2.45) is 10.8 Å². The fourth-order valence-electron chi connectivity index (χ4n) is 3.76. The number of carboxylic acid groups (broad SMARTS) is 1. The Kier molecular flexibility index (Phi) is 6.25. The Bertz CT molecular complexity index is 1130. The number of fused-ring (bicyclic) bond motifs is 2. The van der Waals surface area contributed by atoms with Crippen LogP contribution in [0.5, 0.6) is 5.75 Å². The lowest BCUT2D eigenvalue weighted by Gasteiger charge is -2.29. The molecule has 0 aromatic heterocycles. The third-order valence-electron chi connectivity index (χ3n) is 6.46. The zero-order chi connectivity index (χ0) is 22.8. The quantitative estimate of drug-likeness (QED) is 0.341. The van der Waals surface area contributed by atoms with E-state index in [9.17, 15) is 19.8 Å². The van der Waals surface area contributed by atoms with Gasteiger partial charge in [-0.3, -0.25) is 9.59 Å². The first-order valence-electron chi connectivity index (χ1n) is 10.6. The fourth-order valence-corrected chi connectivity index (χ4v) is 3.76. The molecule has 0 radical (unpaired) electrons. The van der Waals surface area contributed by atoms with E-state index in [0.717, 1.165) is 27.1 Å². The first-order chi connectivity index (χ1) is 14.6. The van der Waals surface area contributed by atoms with Crippen LogP contribution in [0.1, 0.15) is 52.5 Å². The number of ether oxygens (including phenoxy) is 1. The molecular formula is C26H30O5. The standard InChI is InChI=1S/C26H30O5/c1-5-26(4,23(28)29)13-12-25(2,3)24(30)31-16-22-20-9-7-6-8-17(20)14-18-10-11-19(27)15-21(18)22/h6-11,14-15,27H,5,12-13,16H2,1-4H3,(H,28,29). The molecule has 0 saturated carbocycles. The van der Waals surface area contributed by atoms with Gasteiger partial charge in [-0.1, -0.05) is 37.3 Å². The summed E-state index contributed by atoms with van der Waals surface area (Å²) in [6, 6.07) is 15.1. The molecule has 3 rings (SSSR count). The average molecular weight is 423 g/mol. The topological polar surface area (TPSA) is 83.8 Å². The largest absolute Gasteiger partial charge is 0.508 e. The van der Waals surface area contributed by atoms with E-state index in [0.29, 0.717) is 19.3 Å². The summed E-state index contributed by atoms with van der Waals surface area (Å²) in [5.74, 6) is -1.05. The highest BCUT2D eigenvalue weighted by atomic mass is 16.5. The summed E-state index contributed by atoms with van der Waals surface area (Å²) in [6.45, 7) is 7.22. The first-order valence-corrected chi connectivity index (χ1v) is 10.6. The van der Waals surface area contributed by atoms with Gasteiger partial charge in [0, 0.05) is 5.56 Å². The number of hydrogen-bond acceptors (Lipinski definition) is 4. The third kappa shape index (κ3) is 4.66. The minimum Gasteiger partial charge on any atom is -0.508 e. The molecule has 5 heteroatoms. The lowest BCUT2D eigenvalue weighted by molar-refractivity contribution is -0.158. The number of carbonyl (C=O) groups is 2. The van der Waals surface area contributed by atoms with Crippen molar-refractivity contribution in [1.29, 1.82) is 0 Å². The molecular weight excluding hydrogens is 392 g/mol. The monoisotopic (exact) mass is 422 g/mol. The van der Waals surface area contributed by atoms with Crippen molar-refractivity contribution in [3.8, 4) is 5.75 Å². The number of hydrogen-bond donors (Lipinski definition) is 2. The van der Waals surface area contributed by atoms with Crippen LogP contribution in [0.4, 0.5) is 0 Å². The van der Waals surface area contributed by atoms with Gasteiger partial charge in [0.15, 0.2) is 0 Å². The molecule has 0 bridgehead atoms. The summed E-state index contributed by atoms with van der Waals surface area (Å²) in [5, 5.41) is 23.3. The van der Waals surface area contributed by atoms with Gasteiger partial charge in [0.2, 0.25) is 0 Å². The number of phenolic OH excluding ortho intramolecular Hbond substituents is 1. The highest BCUT2D eigenvalue weighted by Crippen LogP contribution is 2.36. The predicted molar refractivity (Wildman–Crippen MR) is 122 cm³/mol. The van der Waals surface area contributed by atoms with Gasteiger partial charge in [0.05, 0.1) is 10.8 Å². The highest BCUT2D eigenvalue weighted by molar-refractivity contribution is 6.02. The van der Waals surface area contributed by atoms with Gasteiger partial charge >= 0.3 is 11.9 Å². The van der Waals surface area contributed by atoms with Crippen LogP contribution in [-0.2, 0) is 20.9 Å². The maximum Gasteiger partial charge on any atom is 0.311 e. The molecule has 2 N–H and O–H groups in total. The third-order valence-corrected chi connectivity index (χ3v) is 6.46. The maximum absolute atomic E-state index is 12.9. The Balaban J connectivity index is 1.85. The van der Waals surface area contributed by atoms with Crippen molar-refractivity contribution in [1.82, 2.24) is 0 Å². The van der Waals surface area contributed by atoms with E-state index in [2.05, 4.69) is 6.07 Å². The summed E-state index contributed by atoms with van der Waals surface area (Å²) in [6.07, 6.45) is 1.31. The van der Waals surface area contributed by atoms with E-state index in [1.54, 1.807) is 32.9 Å². The van der Waals surface area contributed by atoms with Gasteiger partial charge in [0.1, 0.15) is 12.4 Å². The SMILES string of the molecule is CCC(C)(CCC(C)(C)C(=O)OCc1c2ccccc2cc2ccc(O)cc12)C(=O)O. The Labute approximate surface area is 182 Å². The van der Waals surface area contributed by atoms with Gasteiger partial charge < -0.3 is 14.9 Å². The van der Waals surface area contributed by atoms with Crippen LogP contribution in [0, 0.1) is 10.8 Å². The van der Waals surface area contributed by atoms with Gasteiger partial charge in [0.25, 0.3) is 0 Å². The van der Waals surface area contributed by atoms with Gasteiger partial charge in [-0.15, -0.1) is 0 Å². The first kappa shape index (κ1) is 22.6. The number of phenols is 1. The smallest absolute Gasteiger partial charge is 0.311 e. The average Bonchev–Trinajstić information content (AvgIpc) is 2.74. The minimum absolute atomic E-state index is 0.0769. The summed E-state index contributed by atoms with van der Waals surface area (Å²) in [7, 11) is 0. The van der Waals surface area contributed by atoms with Gasteiger partial charge in [-0.2, -0.15) is 0 Å². The Hall–Kier alpha value is -3.08. The molecule has 0 heterocycles. The normalized spacial score (nSPS) is 13.8. The van der Waals surface area contributed by atoms with Crippen LogP contribution in [-0.4, -0.2) is 22.2 Å². The molecule has 3 aromatic carbocycles. The predicted octanol–water partition coefficient (Wildman–Crippen LogP) is 6.05. The second-order valence-electron chi connectivity index (χ2n) is 9.16. The molecule has 31 heavy (non-hydrogen) atoms. The zero-order valence-corrected chi connectivity index (χ0v) is 18.6. The molecule has 0 aliphatic heterocycles. The zero-order valence-electron chi connectivity index (χ0n) is 18.6. The Morgan fingerprint density at radius 2 is 1.61 bits per heavy atom. The number of carboxylic acids is 1. The summed E-state index contributed by atoms with van der Waals surface area (Å²) in [4.78, 5) is 24.5. The van der Waals surface area contributed by atoms with E-state index in [1.165, 1.54) is 0 Å². The Morgan fingerprint density at radius 1 is 0.935 bits per heavy atom. The van der Waals surface area contributed by atoms with Crippen LogP contribution in [0.2, 0.25) is 0 Å². The van der Waals surface area contributed by atoms with Crippen LogP contribution < -0.4 is 0 Å². The molecule has 0 amide bonds. The maximum atomic E-state index is 12.9. The molecule has 164 valence electrons. The minimum atomic E-state index is -0.860. The highest BCUT2D eigenvalue weighted by Gasteiger charge is 2.36. The molecule has 1 atom stereocenters. The molecule has 3 aromatic rings. The second-order valence-corrected chi connectivity index (χ2v) is 9.16. The molecule has 1 unspecified atom stereocenters. The van der Waals surface area contributed by atoms with Crippen molar-refractivity contribution in [2.45, 2.75) is 53.6 Å². The van der Waals surface area contributed by atoms with Crippen LogP contribution in [0.3, 0.4) is 0 Å². The van der Waals surface area contributed by atoms with E-state index in [4.69, 9.17) is 4.74 Å². The number of aromatic hydroxyl groups is 1. The number of aliphatic carboxylic acids is 1. The molecule has 0 aliphatic carbocycles. The second kappa shape index (κ2) is 8.58. The van der Waals surface area contributed by atoms with Crippen molar-refractivity contribution in [2.75, 3.05) is 0 Å². The lowest BCUT2D eigenvalue weighted by atomic mass is 9.76. The van der Waals surface area contributed by atoms with Gasteiger partial charge in [-0.25, -0.2) is 0 Å². The van der Waals surface area contributed by atoms with Crippen molar-refractivity contribution < 1.29 is 24.5 Å². The van der Waals surface area contributed by atoms with Gasteiger partial charge in [-0.05, 0) is 79.8 Å². The van der Waals surface area contributed by atoms with E-state index < -0.39 is 16.8 Å². The summed E-state index contributed by atoms with van der Waals surface area (Å²) >= 11 is 0. The summed E-state index contributed by atoms with van der Waals surface area (Å²) < 4.78 is 5.74. The Morgan fingerprint density at radius 3 is 2.29 bits per heavy atom. The number of rotatable bonds is 8. The van der Waals surface area contributed by atoms with E-state index in [-0.39, 0.29) is 18.3 Å². The number of benzene rings is 3. The molecule has 0 aliphatic rings. The van der Waals surface area contributed by atoms with Crippen molar-refractivity contribution in [3.63, 3.8) is 0 Å². The number of carbonyl (C=O) groups excluding carboxylic acids is 1.